The second-order valence-electron chi connectivity index (χ2n) is 7.81. The molecule has 10 heteroatoms. The molecule has 0 aliphatic heterocycles. The second-order valence-corrected chi connectivity index (χ2v) is 7.81. The van der Waals surface area contributed by atoms with E-state index in [-0.39, 0.29) is 23.0 Å². The number of esters is 4. The number of aliphatic hydroxyl groups is 1. The summed E-state index contributed by atoms with van der Waals surface area (Å²) in [5, 5.41) is 10.7. The van der Waals surface area contributed by atoms with E-state index in [1.165, 1.54) is 36.4 Å². The number of carbonyl (C=O) groups excluding carboxylic acids is 5. The molecule has 0 heterocycles. The van der Waals surface area contributed by atoms with E-state index in [4.69, 9.17) is 14.2 Å². The number of hydrogen-bond acceptors (Lipinski definition) is 10. The monoisotopic (exact) mass is 520 g/mol. The molecule has 10 nitrogen and oxygen atoms in total. The lowest BCUT2D eigenvalue weighted by Gasteiger charge is -2.31. The number of methoxy groups -OCH3 is 1. The summed E-state index contributed by atoms with van der Waals surface area (Å²) >= 11 is 0. The van der Waals surface area contributed by atoms with E-state index in [0.717, 1.165) is 7.11 Å². The number of carbonyl (C=O) groups is 5. The first kappa shape index (κ1) is 27.8. The summed E-state index contributed by atoms with van der Waals surface area (Å²) in [6.07, 6.45) is -7.95. The van der Waals surface area contributed by atoms with Crippen LogP contribution >= 0.6 is 0 Å². The zero-order valence-electron chi connectivity index (χ0n) is 20.2. The maximum Gasteiger partial charge on any atom is 0.338 e. The van der Waals surface area contributed by atoms with E-state index in [1.807, 2.05) is 0 Å². The average molecular weight is 520 g/mol. The molecule has 0 bridgehead atoms. The van der Waals surface area contributed by atoms with Crippen molar-refractivity contribution in [1.82, 2.24) is 0 Å². The lowest BCUT2D eigenvalue weighted by Crippen LogP contribution is -2.53. The van der Waals surface area contributed by atoms with Gasteiger partial charge in [-0.1, -0.05) is 54.6 Å². The summed E-state index contributed by atoms with van der Waals surface area (Å²) in [6.45, 7) is 0. The van der Waals surface area contributed by atoms with Crippen molar-refractivity contribution in [2.24, 2.45) is 0 Å². The van der Waals surface area contributed by atoms with Crippen molar-refractivity contribution < 1.29 is 48.0 Å². The maximum absolute atomic E-state index is 12.9. The summed E-state index contributed by atoms with van der Waals surface area (Å²) in [5.74, 6) is -4.24. The third-order valence-electron chi connectivity index (χ3n) is 5.29. The van der Waals surface area contributed by atoms with Crippen molar-refractivity contribution in [2.75, 3.05) is 7.11 Å². The molecule has 1 N–H and O–H groups in total. The van der Waals surface area contributed by atoms with Crippen LogP contribution in [0.1, 0.15) is 31.1 Å². The van der Waals surface area contributed by atoms with Gasteiger partial charge in [-0.05, 0) is 36.4 Å². The highest BCUT2D eigenvalue weighted by molar-refractivity contribution is 5.92. The third-order valence-corrected chi connectivity index (χ3v) is 5.29. The van der Waals surface area contributed by atoms with Crippen LogP contribution in [0.15, 0.2) is 91.0 Å². The van der Waals surface area contributed by atoms with Gasteiger partial charge in [-0.2, -0.15) is 0 Å². The van der Waals surface area contributed by atoms with Crippen molar-refractivity contribution in [3.05, 3.63) is 108 Å². The SMILES string of the molecule is COC(=O)[C@H](O)[C@H](OC(=O)c1ccccc1)[C@@H](OC(=O)c1ccccc1)[C@@H](C=O)OC(=O)c1ccccc1. The van der Waals surface area contributed by atoms with Gasteiger partial charge in [0.25, 0.3) is 0 Å². The van der Waals surface area contributed by atoms with Crippen LogP contribution in [0.25, 0.3) is 0 Å². The zero-order valence-corrected chi connectivity index (χ0v) is 20.2. The lowest BCUT2D eigenvalue weighted by molar-refractivity contribution is -0.168. The van der Waals surface area contributed by atoms with Crippen LogP contribution in [0.2, 0.25) is 0 Å². The van der Waals surface area contributed by atoms with Crippen molar-refractivity contribution in [2.45, 2.75) is 24.4 Å². The minimum atomic E-state index is -2.22. The molecule has 0 aromatic heterocycles. The Morgan fingerprint density at radius 1 is 0.632 bits per heavy atom. The molecule has 38 heavy (non-hydrogen) atoms. The van der Waals surface area contributed by atoms with Crippen LogP contribution in [0.3, 0.4) is 0 Å². The Morgan fingerprint density at radius 2 is 1.00 bits per heavy atom. The minimum Gasteiger partial charge on any atom is -0.467 e. The Bertz CT molecular complexity index is 1240. The lowest BCUT2D eigenvalue weighted by atomic mass is 10.0. The van der Waals surface area contributed by atoms with Gasteiger partial charge in [0.15, 0.2) is 30.7 Å². The van der Waals surface area contributed by atoms with Crippen molar-refractivity contribution in [3.8, 4) is 0 Å². The molecule has 3 aromatic carbocycles. The first-order valence-corrected chi connectivity index (χ1v) is 11.3. The van der Waals surface area contributed by atoms with Crippen molar-refractivity contribution in [3.63, 3.8) is 0 Å². The van der Waals surface area contributed by atoms with Gasteiger partial charge in [0, 0.05) is 0 Å². The van der Waals surface area contributed by atoms with Gasteiger partial charge in [0.1, 0.15) is 0 Å². The number of aldehydes is 1. The largest absolute Gasteiger partial charge is 0.467 e. The highest BCUT2D eigenvalue weighted by atomic mass is 16.6. The van der Waals surface area contributed by atoms with Crippen LogP contribution in [0.4, 0.5) is 0 Å². The highest BCUT2D eigenvalue weighted by Gasteiger charge is 2.45. The normalized spacial score (nSPS) is 13.6. The summed E-state index contributed by atoms with van der Waals surface area (Å²) in [6, 6.07) is 22.7. The molecule has 0 saturated carbocycles. The average Bonchev–Trinajstić information content (AvgIpc) is 2.97. The molecule has 0 aliphatic carbocycles. The summed E-state index contributed by atoms with van der Waals surface area (Å²) in [5.41, 5.74) is 0.141. The van der Waals surface area contributed by atoms with E-state index < -0.39 is 48.3 Å². The topological polar surface area (TPSA) is 143 Å². The Morgan fingerprint density at radius 3 is 1.37 bits per heavy atom. The van der Waals surface area contributed by atoms with Gasteiger partial charge in [-0.15, -0.1) is 0 Å². The van der Waals surface area contributed by atoms with Crippen LogP contribution in [-0.2, 0) is 28.5 Å². The van der Waals surface area contributed by atoms with Gasteiger partial charge in [0.2, 0.25) is 0 Å². The molecule has 0 fully saturated rings. The Balaban J connectivity index is 2.01. The Labute approximate surface area is 217 Å². The fraction of sp³-hybridized carbons (Fsp3) is 0.179. The molecule has 0 aliphatic rings. The smallest absolute Gasteiger partial charge is 0.338 e. The number of rotatable bonds is 11. The Hall–Kier alpha value is -4.83. The van der Waals surface area contributed by atoms with Crippen LogP contribution in [0.5, 0.6) is 0 Å². The third kappa shape index (κ3) is 7.11. The predicted molar refractivity (Wildman–Crippen MR) is 131 cm³/mol. The fourth-order valence-electron chi connectivity index (χ4n) is 3.36. The molecule has 3 aromatic rings. The number of hydrogen-bond donors (Lipinski definition) is 1. The summed E-state index contributed by atoms with van der Waals surface area (Å²) in [7, 11) is 0.971. The van der Waals surface area contributed by atoms with Gasteiger partial charge >= 0.3 is 23.9 Å². The fourth-order valence-corrected chi connectivity index (χ4v) is 3.36. The summed E-state index contributed by atoms with van der Waals surface area (Å²) in [4.78, 5) is 62.9. The predicted octanol–water partition coefficient (Wildman–Crippen LogP) is 2.40. The van der Waals surface area contributed by atoms with Crippen molar-refractivity contribution >= 4 is 30.2 Å². The molecule has 0 saturated heterocycles. The van der Waals surface area contributed by atoms with Crippen LogP contribution in [0, 0.1) is 0 Å². The van der Waals surface area contributed by atoms with Gasteiger partial charge in [-0.25, -0.2) is 19.2 Å². The minimum absolute atomic E-state index is 0.0339. The summed E-state index contributed by atoms with van der Waals surface area (Å²) < 4.78 is 20.7. The van der Waals surface area contributed by atoms with E-state index in [0.29, 0.717) is 0 Å². The second kappa shape index (κ2) is 13.5. The van der Waals surface area contributed by atoms with Gasteiger partial charge in [0.05, 0.1) is 23.8 Å². The molecule has 0 radical (unpaired) electrons. The molecule has 196 valence electrons. The molecule has 0 spiro atoms. The zero-order chi connectivity index (χ0) is 27.5. The van der Waals surface area contributed by atoms with Crippen LogP contribution in [-0.4, -0.2) is 66.8 Å². The quantitative estimate of drug-likeness (QED) is 0.227. The van der Waals surface area contributed by atoms with Crippen molar-refractivity contribution in [1.29, 1.82) is 0 Å². The first-order chi connectivity index (χ1) is 18.3. The van der Waals surface area contributed by atoms with Gasteiger partial charge in [-0.3, -0.25) is 4.79 Å². The highest BCUT2D eigenvalue weighted by Crippen LogP contribution is 2.21. The standard InChI is InChI=1S/C28H24O10/c1-35-28(34)22(30)24(38-27(33)20-15-9-4-10-16-20)23(37-26(32)19-13-7-3-8-14-19)21(17-29)36-25(31)18-11-5-2-6-12-18/h2-17,21-24,30H,1H3/t21-,22-,23+,24+/m1/s1. The molecule has 0 unspecified atom stereocenters. The van der Waals surface area contributed by atoms with Crippen LogP contribution < -0.4 is 0 Å². The van der Waals surface area contributed by atoms with E-state index in [9.17, 15) is 29.1 Å². The first-order valence-electron chi connectivity index (χ1n) is 11.3. The number of aliphatic hydroxyl groups excluding tert-OH is 1. The Kier molecular flexibility index (Phi) is 9.84. The van der Waals surface area contributed by atoms with E-state index in [1.54, 1.807) is 54.6 Å². The molecular weight excluding hydrogens is 496 g/mol. The maximum atomic E-state index is 12.9. The van der Waals surface area contributed by atoms with E-state index in [2.05, 4.69) is 4.74 Å². The van der Waals surface area contributed by atoms with Gasteiger partial charge < -0.3 is 24.1 Å². The number of benzene rings is 3. The molecule has 3 rings (SSSR count). The number of ether oxygens (including phenoxy) is 4. The molecular formula is C28H24O10. The molecule has 4 atom stereocenters. The molecule has 0 amide bonds. The van der Waals surface area contributed by atoms with E-state index >= 15 is 0 Å².